The van der Waals surface area contributed by atoms with Crippen molar-refractivity contribution in [3.63, 3.8) is 0 Å². The summed E-state index contributed by atoms with van der Waals surface area (Å²) in [7, 11) is 0. The van der Waals surface area contributed by atoms with Gasteiger partial charge in [-0.1, -0.05) is 99.3 Å². The second-order valence-electron chi connectivity index (χ2n) is 7.68. The van der Waals surface area contributed by atoms with E-state index in [-0.39, 0.29) is 11.2 Å². The summed E-state index contributed by atoms with van der Waals surface area (Å²) in [6.07, 6.45) is 8.74. The van der Waals surface area contributed by atoms with Crippen LogP contribution in [-0.4, -0.2) is 22.5 Å². The Morgan fingerprint density at radius 2 is 1.63 bits per heavy atom. The first kappa shape index (κ1) is 20.6. The number of hydrogen-bond acceptors (Lipinski definition) is 4. The predicted octanol–water partition coefficient (Wildman–Crippen LogP) is 6.28. The van der Waals surface area contributed by atoms with E-state index in [1.54, 1.807) is 0 Å². The van der Waals surface area contributed by atoms with Crippen molar-refractivity contribution in [2.75, 3.05) is 0 Å². The fraction of sp³-hybridized carbons (Fsp3) is 0.320. The molecule has 0 radical (unpaired) electrons. The highest BCUT2D eigenvalue weighted by atomic mass is 32.2. The number of rotatable bonds is 8. The average Bonchev–Trinajstić information content (AvgIpc) is 3.12. The molecule has 1 aliphatic heterocycles. The minimum Gasteiger partial charge on any atom is -0.303 e. The number of benzene rings is 3. The Morgan fingerprint density at radius 1 is 0.967 bits per heavy atom. The number of hydrogen-bond donors (Lipinski definition) is 1. The molecule has 154 valence electrons. The molecule has 0 aliphatic carbocycles. The molecule has 0 bridgehead atoms. The highest BCUT2D eigenvalue weighted by Gasteiger charge is 2.29. The van der Waals surface area contributed by atoms with Crippen LogP contribution in [0.15, 0.2) is 64.8 Å². The zero-order valence-electron chi connectivity index (χ0n) is 17.3. The van der Waals surface area contributed by atoms with Crippen molar-refractivity contribution in [2.24, 2.45) is 10.2 Å². The summed E-state index contributed by atoms with van der Waals surface area (Å²) in [5, 5.41) is 16.7. The summed E-state index contributed by atoms with van der Waals surface area (Å²) in [4.78, 5) is 12.2. The maximum atomic E-state index is 12.2. The highest BCUT2D eigenvalue weighted by molar-refractivity contribution is 8.15. The van der Waals surface area contributed by atoms with Gasteiger partial charge in [-0.25, -0.2) is 0 Å². The summed E-state index contributed by atoms with van der Waals surface area (Å²) in [5.74, 6) is 0.0556. The molecule has 1 saturated heterocycles. The standard InChI is InChI=1S/C25H27N3OS/c1-2-3-4-5-6-15-23-24(29)27-25(30-23)28-26-17-22-20-13-9-7-11-18(20)16-19-12-8-10-14-21(19)22/h7-14,16-17,23H,2-6,15H2,1H3,(H,27,28,29)/b26-17-/t23-/m1/s1. The molecule has 1 amide bonds. The monoisotopic (exact) mass is 417 g/mol. The van der Waals surface area contributed by atoms with Crippen LogP contribution in [0.1, 0.15) is 51.0 Å². The molecular weight excluding hydrogens is 390 g/mol. The van der Waals surface area contributed by atoms with Crippen LogP contribution < -0.4 is 5.32 Å². The van der Waals surface area contributed by atoms with Crippen molar-refractivity contribution in [3.05, 3.63) is 60.2 Å². The SMILES string of the molecule is CCCCCCC[C@H]1S/C(=N\N=C/c2c3ccccc3cc3ccccc23)NC1=O. The van der Waals surface area contributed by atoms with E-state index in [0.29, 0.717) is 5.17 Å². The van der Waals surface area contributed by atoms with Crippen LogP contribution >= 0.6 is 11.8 Å². The second kappa shape index (κ2) is 9.90. The number of unbranched alkanes of at least 4 members (excludes halogenated alkanes) is 4. The van der Waals surface area contributed by atoms with E-state index in [1.807, 2.05) is 30.5 Å². The minimum atomic E-state index is -0.0426. The van der Waals surface area contributed by atoms with Crippen LogP contribution in [0.25, 0.3) is 21.5 Å². The van der Waals surface area contributed by atoms with Gasteiger partial charge >= 0.3 is 0 Å². The zero-order valence-corrected chi connectivity index (χ0v) is 18.1. The lowest BCUT2D eigenvalue weighted by Gasteiger charge is -2.07. The molecule has 0 spiro atoms. The van der Waals surface area contributed by atoms with Gasteiger partial charge in [-0.2, -0.15) is 5.10 Å². The molecule has 1 fully saturated rings. The first-order chi connectivity index (χ1) is 14.8. The van der Waals surface area contributed by atoms with Gasteiger partial charge in [-0.15, -0.1) is 5.10 Å². The lowest BCUT2D eigenvalue weighted by Crippen LogP contribution is -2.24. The predicted molar refractivity (Wildman–Crippen MR) is 129 cm³/mol. The number of amides is 1. The highest BCUT2D eigenvalue weighted by Crippen LogP contribution is 2.28. The van der Waals surface area contributed by atoms with Gasteiger partial charge < -0.3 is 5.32 Å². The Labute approximate surface area is 181 Å². The Hall–Kier alpha value is -2.66. The second-order valence-corrected chi connectivity index (χ2v) is 8.87. The summed E-state index contributed by atoms with van der Waals surface area (Å²) in [6, 6.07) is 18.8. The third kappa shape index (κ3) is 4.73. The molecule has 0 saturated carbocycles. The van der Waals surface area contributed by atoms with Crippen molar-refractivity contribution in [2.45, 2.75) is 50.7 Å². The lowest BCUT2D eigenvalue weighted by atomic mass is 9.97. The van der Waals surface area contributed by atoms with Crippen LogP contribution in [0.2, 0.25) is 0 Å². The molecule has 4 nitrogen and oxygen atoms in total. The van der Waals surface area contributed by atoms with Crippen LogP contribution in [0, 0.1) is 0 Å². The number of carbonyl (C=O) groups excluding carboxylic acids is 1. The van der Waals surface area contributed by atoms with Crippen molar-refractivity contribution in [1.29, 1.82) is 0 Å². The van der Waals surface area contributed by atoms with Crippen LogP contribution in [0.3, 0.4) is 0 Å². The van der Waals surface area contributed by atoms with Crippen molar-refractivity contribution in [1.82, 2.24) is 5.32 Å². The lowest BCUT2D eigenvalue weighted by molar-refractivity contribution is -0.118. The van der Waals surface area contributed by atoms with Gasteiger partial charge in [0.15, 0.2) is 5.17 Å². The maximum Gasteiger partial charge on any atom is 0.239 e. The average molecular weight is 418 g/mol. The molecule has 4 rings (SSSR count). The van der Waals surface area contributed by atoms with Crippen LogP contribution in [0.4, 0.5) is 0 Å². The fourth-order valence-electron chi connectivity index (χ4n) is 3.90. The Kier molecular flexibility index (Phi) is 6.80. The number of nitrogens with one attached hydrogen (secondary N) is 1. The molecule has 1 N–H and O–H groups in total. The smallest absolute Gasteiger partial charge is 0.239 e. The molecule has 3 aromatic carbocycles. The molecule has 3 aromatic rings. The summed E-state index contributed by atoms with van der Waals surface area (Å²) in [5.41, 5.74) is 1.05. The van der Waals surface area contributed by atoms with E-state index in [2.05, 4.69) is 52.8 Å². The van der Waals surface area contributed by atoms with Crippen molar-refractivity contribution >= 4 is 50.6 Å². The quantitative estimate of drug-likeness (QED) is 0.203. The number of carbonyl (C=O) groups is 1. The molecule has 30 heavy (non-hydrogen) atoms. The molecule has 1 aliphatic rings. The van der Waals surface area contributed by atoms with Crippen LogP contribution in [0.5, 0.6) is 0 Å². The van der Waals surface area contributed by atoms with E-state index in [9.17, 15) is 4.79 Å². The van der Waals surface area contributed by atoms with Gasteiger partial charge in [0.2, 0.25) is 5.91 Å². The number of amidine groups is 1. The zero-order chi connectivity index (χ0) is 20.8. The van der Waals surface area contributed by atoms with Gasteiger partial charge in [-0.05, 0) is 34.0 Å². The third-order valence-corrected chi connectivity index (χ3v) is 6.64. The Bertz CT molecular complexity index is 1050. The van der Waals surface area contributed by atoms with E-state index in [0.717, 1.165) is 29.2 Å². The first-order valence-electron chi connectivity index (χ1n) is 10.8. The third-order valence-electron chi connectivity index (χ3n) is 5.49. The van der Waals surface area contributed by atoms with E-state index in [1.165, 1.54) is 48.2 Å². The van der Waals surface area contributed by atoms with E-state index in [4.69, 9.17) is 0 Å². The molecule has 5 heteroatoms. The molecule has 1 atom stereocenters. The van der Waals surface area contributed by atoms with Gasteiger partial charge in [0.05, 0.1) is 11.5 Å². The minimum absolute atomic E-state index is 0.0426. The normalized spacial score (nSPS) is 18.1. The van der Waals surface area contributed by atoms with Crippen LogP contribution in [-0.2, 0) is 4.79 Å². The summed E-state index contributed by atoms with van der Waals surface area (Å²) in [6.45, 7) is 2.21. The number of fused-ring (bicyclic) bond motifs is 2. The van der Waals surface area contributed by atoms with E-state index >= 15 is 0 Å². The van der Waals surface area contributed by atoms with Gasteiger partial charge in [0.1, 0.15) is 0 Å². The van der Waals surface area contributed by atoms with Crippen molar-refractivity contribution < 1.29 is 4.79 Å². The molecule has 1 heterocycles. The first-order valence-corrected chi connectivity index (χ1v) is 11.6. The maximum absolute atomic E-state index is 12.2. The molecule has 0 unspecified atom stereocenters. The number of nitrogens with zero attached hydrogens (tertiary/aromatic N) is 2. The van der Waals surface area contributed by atoms with Gasteiger partial charge in [0, 0.05) is 5.56 Å². The largest absolute Gasteiger partial charge is 0.303 e. The van der Waals surface area contributed by atoms with Gasteiger partial charge in [0.25, 0.3) is 0 Å². The van der Waals surface area contributed by atoms with Crippen molar-refractivity contribution in [3.8, 4) is 0 Å². The Morgan fingerprint density at radius 3 is 2.33 bits per heavy atom. The van der Waals surface area contributed by atoms with Gasteiger partial charge in [-0.3, -0.25) is 4.79 Å². The Balaban J connectivity index is 1.49. The fourth-order valence-corrected chi connectivity index (χ4v) is 4.88. The summed E-state index contributed by atoms with van der Waals surface area (Å²) >= 11 is 1.50. The number of thioether (sulfide) groups is 1. The topological polar surface area (TPSA) is 53.8 Å². The molecule has 0 aromatic heterocycles. The summed E-state index contributed by atoms with van der Waals surface area (Å²) < 4.78 is 0. The molecular formula is C25H27N3OS. The van der Waals surface area contributed by atoms with E-state index < -0.39 is 0 Å².